The van der Waals surface area contributed by atoms with E-state index in [9.17, 15) is 0 Å². The molecule has 0 saturated heterocycles. The van der Waals surface area contributed by atoms with Gasteiger partial charge in [0.25, 0.3) is 0 Å². The monoisotopic (exact) mass is 189 g/mol. The van der Waals surface area contributed by atoms with Crippen LogP contribution in [0.25, 0.3) is 0 Å². The van der Waals surface area contributed by atoms with Crippen LogP contribution in [0.3, 0.4) is 0 Å². The van der Waals surface area contributed by atoms with Crippen LogP contribution in [0.5, 0.6) is 0 Å². The molecule has 0 fully saturated rings. The topological polar surface area (TPSA) is 12.0 Å². The van der Waals surface area contributed by atoms with Crippen LogP contribution in [0, 0.1) is 0 Å². The van der Waals surface area contributed by atoms with Gasteiger partial charge < -0.3 is 5.32 Å². The van der Waals surface area contributed by atoms with Gasteiger partial charge in [-0.1, -0.05) is 11.6 Å². The number of benzene rings is 1. The largest absolute Gasteiger partial charge is 0.384 e. The first kappa shape index (κ1) is 8.69. The zero-order valence-corrected chi connectivity index (χ0v) is 7.49. The van der Waals surface area contributed by atoms with Gasteiger partial charge in [0, 0.05) is 23.1 Å². The smallest absolute Gasteiger partial charge is 0.0407 e. The molecule has 0 saturated carbocycles. The predicted molar refractivity (Wildman–Crippen MR) is 50.7 cm³/mol. The first-order chi connectivity index (χ1) is 5.33. The molecule has 1 aromatic rings. The van der Waals surface area contributed by atoms with Gasteiger partial charge in [-0.2, -0.15) is 0 Å². The van der Waals surface area contributed by atoms with E-state index in [1.54, 1.807) is 0 Å². The van der Waals surface area contributed by atoms with Crippen LogP contribution in [0.1, 0.15) is 0 Å². The summed E-state index contributed by atoms with van der Waals surface area (Å²) in [5.41, 5.74) is 1.05. The molecule has 1 N–H and O–H groups in total. The highest BCUT2D eigenvalue weighted by molar-refractivity contribution is 6.30. The molecule has 0 aliphatic rings. The lowest BCUT2D eigenvalue weighted by Gasteiger charge is -2.02. The summed E-state index contributed by atoms with van der Waals surface area (Å²) in [5, 5.41) is 3.88. The second-order valence-electron chi connectivity index (χ2n) is 2.12. The van der Waals surface area contributed by atoms with E-state index in [-0.39, 0.29) is 0 Å². The average molecular weight is 190 g/mol. The van der Waals surface area contributed by atoms with Crippen molar-refractivity contribution in [1.82, 2.24) is 0 Å². The van der Waals surface area contributed by atoms with E-state index in [4.69, 9.17) is 23.2 Å². The Bertz CT molecular complexity index is 208. The van der Waals surface area contributed by atoms with Crippen LogP contribution in [0.15, 0.2) is 24.3 Å². The van der Waals surface area contributed by atoms with Gasteiger partial charge in [0.15, 0.2) is 0 Å². The Morgan fingerprint density at radius 2 is 1.82 bits per heavy atom. The summed E-state index contributed by atoms with van der Waals surface area (Å²) in [7, 11) is 0. The maximum absolute atomic E-state index is 5.69. The van der Waals surface area contributed by atoms with Gasteiger partial charge in [-0.15, -0.1) is 11.6 Å². The molecule has 0 amide bonds. The summed E-state index contributed by atoms with van der Waals surface area (Å²) in [4.78, 5) is 0. The first-order valence-electron chi connectivity index (χ1n) is 3.38. The molecular weight excluding hydrogens is 181 g/mol. The molecule has 1 rings (SSSR count). The predicted octanol–water partition coefficient (Wildman–Crippen LogP) is 2.99. The maximum Gasteiger partial charge on any atom is 0.0407 e. The van der Waals surface area contributed by atoms with E-state index >= 15 is 0 Å². The Morgan fingerprint density at radius 1 is 1.18 bits per heavy atom. The van der Waals surface area contributed by atoms with Crippen molar-refractivity contribution in [3.05, 3.63) is 29.3 Å². The molecule has 0 aliphatic heterocycles. The molecule has 0 aliphatic carbocycles. The number of hydrogen-bond acceptors (Lipinski definition) is 1. The maximum atomic E-state index is 5.69. The number of alkyl halides is 1. The SMILES string of the molecule is ClCCNc1ccc(Cl)cc1. The van der Waals surface area contributed by atoms with Crippen molar-refractivity contribution in [3.8, 4) is 0 Å². The van der Waals surface area contributed by atoms with Crippen molar-refractivity contribution in [3.63, 3.8) is 0 Å². The fourth-order valence-electron chi connectivity index (χ4n) is 0.759. The molecule has 0 bridgehead atoms. The van der Waals surface area contributed by atoms with Gasteiger partial charge in [-0.25, -0.2) is 0 Å². The summed E-state index contributed by atoms with van der Waals surface area (Å²) >= 11 is 11.2. The van der Waals surface area contributed by atoms with Crippen molar-refractivity contribution >= 4 is 28.9 Å². The number of nitrogens with one attached hydrogen (secondary N) is 1. The minimum absolute atomic E-state index is 0.614. The van der Waals surface area contributed by atoms with Crippen molar-refractivity contribution < 1.29 is 0 Å². The summed E-state index contributed by atoms with van der Waals surface area (Å²) in [5.74, 6) is 0.614. The van der Waals surface area contributed by atoms with E-state index in [1.165, 1.54) is 0 Å². The van der Waals surface area contributed by atoms with Crippen LogP contribution < -0.4 is 5.32 Å². The van der Waals surface area contributed by atoms with Gasteiger partial charge >= 0.3 is 0 Å². The standard InChI is InChI=1S/C8H9Cl2N/c9-5-6-11-8-3-1-7(10)2-4-8/h1-4,11H,5-6H2. The molecule has 0 atom stereocenters. The fourth-order valence-corrected chi connectivity index (χ4v) is 0.980. The van der Waals surface area contributed by atoms with Crippen molar-refractivity contribution in [1.29, 1.82) is 0 Å². The van der Waals surface area contributed by atoms with Gasteiger partial charge in [0.05, 0.1) is 0 Å². The third kappa shape index (κ3) is 3.00. The molecule has 0 unspecified atom stereocenters. The molecule has 0 spiro atoms. The quantitative estimate of drug-likeness (QED) is 0.722. The molecule has 1 nitrogen and oxygen atoms in total. The van der Waals surface area contributed by atoms with Crippen LogP contribution in [-0.4, -0.2) is 12.4 Å². The lowest BCUT2D eigenvalue weighted by atomic mass is 10.3. The highest BCUT2D eigenvalue weighted by atomic mass is 35.5. The van der Waals surface area contributed by atoms with E-state index < -0.39 is 0 Å². The Balaban J connectivity index is 2.52. The summed E-state index contributed by atoms with van der Waals surface area (Å²) in [6.45, 7) is 0.781. The molecule has 0 heterocycles. The molecule has 60 valence electrons. The van der Waals surface area contributed by atoms with Crippen molar-refractivity contribution in [2.24, 2.45) is 0 Å². The van der Waals surface area contributed by atoms with Crippen LogP contribution >= 0.6 is 23.2 Å². The Kier molecular flexibility index (Phi) is 3.53. The van der Waals surface area contributed by atoms with E-state index in [0.29, 0.717) is 5.88 Å². The Morgan fingerprint density at radius 3 is 2.36 bits per heavy atom. The highest BCUT2D eigenvalue weighted by Gasteiger charge is 1.89. The second-order valence-corrected chi connectivity index (χ2v) is 2.94. The number of halogens is 2. The molecular formula is C8H9Cl2N. The Labute approximate surface area is 76.3 Å². The molecule has 1 aromatic carbocycles. The third-order valence-corrected chi connectivity index (χ3v) is 1.71. The van der Waals surface area contributed by atoms with Crippen LogP contribution in [0.4, 0.5) is 5.69 Å². The summed E-state index contributed by atoms with van der Waals surface area (Å²) in [6, 6.07) is 7.54. The summed E-state index contributed by atoms with van der Waals surface area (Å²) < 4.78 is 0. The van der Waals surface area contributed by atoms with Crippen molar-refractivity contribution in [2.75, 3.05) is 17.7 Å². The van der Waals surface area contributed by atoms with Crippen LogP contribution in [0.2, 0.25) is 5.02 Å². The van der Waals surface area contributed by atoms with Crippen molar-refractivity contribution in [2.45, 2.75) is 0 Å². The summed E-state index contributed by atoms with van der Waals surface area (Å²) in [6.07, 6.45) is 0. The normalized spacial score (nSPS) is 9.64. The van der Waals surface area contributed by atoms with E-state index in [0.717, 1.165) is 17.3 Å². The molecule has 11 heavy (non-hydrogen) atoms. The number of anilines is 1. The van der Waals surface area contributed by atoms with Crippen LogP contribution in [-0.2, 0) is 0 Å². The molecule has 3 heteroatoms. The zero-order chi connectivity index (χ0) is 8.10. The lowest BCUT2D eigenvalue weighted by molar-refractivity contribution is 1.22. The zero-order valence-electron chi connectivity index (χ0n) is 5.98. The minimum atomic E-state index is 0.614. The second kappa shape index (κ2) is 4.47. The van der Waals surface area contributed by atoms with Gasteiger partial charge in [-0.05, 0) is 24.3 Å². The highest BCUT2D eigenvalue weighted by Crippen LogP contribution is 2.12. The molecule has 0 aromatic heterocycles. The van der Waals surface area contributed by atoms with Gasteiger partial charge in [-0.3, -0.25) is 0 Å². The fraction of sp³-hybridized carbons (Fsp3) is 0.250. The minimum Gasteiger partial charge on any atom is -0.384 e. The third-order valence-electron chi connectivity index (χ3n) is 1.27. The Hall–Kier alpha value is -0.400. The molecule has 0 radical (unpaired) electrons. The lowest BCUT2D eigenvalue weighted by Crippen LogP contribution is -2.01. The average Bonchev–Trinajstić information content (AvgIpc) is 2.04. The number of hydrogen-bond donors (Lipinski definition) is 1. The number of rotatable bonds is 3. The van der Waals surface area contributed by atoms with E-state index in [2.05, 4.69) is 5.32 Å². The van der Waals surface area contributed by atoms with Gasteiger partial charge in [0.2, 0.25) is 0 Å². The first-order valence-corrected chi connectivity index (χ1v) is 4.29. The van der Waals surface area contributed by atoms with E-state index in [1.807, 2.05) is 24.3 Å². The van der Waals surface area contributed by atoms with Gasteiger partial charge in [0.1, 0.15) is 0 Å².